The molecule has 0 aromatic heterocycles. The molecule has 0 aliphatic carbocycles. The van der Waals surface area contributed by atoms with Gasteiger partial charge in [0.2, 0.25) is 0 Å². The lowest BCUT2D eigenvalue weighted by molar-refractivity contribution is 0.0806. The van der Waals surface area contributed by atoms with Gasteiger partial charge in [-0.25, -0.2) is 0 Å². The molecule has 0 fully saturated rings. The molecule has 1 amide bonds. The van der Waals surface area contributed by atoms with Gasteiger partial charge in [0.1, 0.15) is 0 Å². The predicted octanol–water partition coefficient (Wildman–Crippen LogP) is 3.65. The van der Waals surface area contributed by atoms with Crippen LogP contribution in [0, 0.1) is 0 Å². The van der Waals surface area contributed by atoms with Crippen molar-refractivity contribution in [1.29, 1.82) is 0 Å². The monoisotopic (exact) mass is 288 g/mol. The lowest BCUT2D eigenvalue weighted by Crippen LogP contribution is -2.46. The summed E-state index contributed by atoms with van der Waals surface area (Å²) in [5.41, 5.74) is 3.72. The highest BCUT2D eigenvalue weighted by atomic mass is 35.5. The molecule has 0 atom stereocenters. The van der Waals surface area contributed by atoms with Crippen LogP contribution in [-0.4, -0.2) is 16.0 Å². The molecule has 0 aliphatic heterocycles. The van der Waals surface area contributed by atoms with Crippen molar-refractivity contribution < 1.29 is 4.79 Å². The van der Waals surface area contributed by atoms with E-state index in [0.29, 0.717) is 5.56 Å². The van der Waals surface area contributed by atoms with Gasteiger partial charge in [0.15, 0.2) is 0 Å². The fraction of sp³-hybridized carbons (Fsp3) is 0.308. The highest BCUT2D eigenvalue weighted by molar-refractivity contribution is 6.14. The summed E-state index contributed by atoms with van der Waals surface area (Å²) in [6, 6.07) is 7.18. The van der Waals surface area contributed by atoms with Gasteiger partial charge in [0.05, 0.1) is 0 Å². The topological polar surface area (TPSA) is 32.3 Å². The molecular weight excluding hydrogens is 271 g/mol. The summed E-state index contributed by atoms with van der Waals surface area (Å²) in [5.74, 6) is -0.237. The zero-order valence-electron chi connectivity index (χ0n) is 10.7. The van der Waals surface area contributed by atoms with Crippen LogP contribution >= 0.6 is 24.2 Å². The van der Waals surface area contributed by atoms with Crippen LogP contribution in [0.2, 0.25) is 0 Å². The maximum absolute atomic E-state index is 11.9. The number of rotatable bonds is 3. The SMILES string of the molecule is C=Cc1cccc(C(=O)NN(Cl)C(C)(C)C)c1.Cl. The van der Waals surface area contributed by atoms with Crippen LogP contribution in [0.1, 0.15) is 36.7 Å². The second-order valence-electron chi connectivity index (χ2n) is 4.72. The molecular formula is C13H18Cl2N2O. The van der Waals surface area contributed by atoms with E-state index in [4.69, 9.17) is 11.8 Å². The molecule has 0 aliphatic rings. The Balaban J connectivity index is 0.00000289. The Labute approximate surface area is 119 Å². The Bertz CT molecular complexity index is 427. The van der Waals surface area contributed by atoms with E-state index in [2.05, 4.69) is 12.0 Å². The quantitative estimate of drug-likeness (QED) is 0.680. The molecule has 1 aromatic carbocycles. The van der Waals surface area contributed by atoms with Crippen molar-refractivity contribution in [2.24, 2.45) is 0 Å². The van der Waals surface area contributed by atoms with Gasteiger partial charge in [0, 0.05) is 22.9 Å². The molecule has 100 valence electrons. The van der Waals surface area contributed by atoms with Crippen LogP contribution in [0.4, 0.5) is 0 Å². The first kappa shape index (κ1) is 17.0. The lowest BCUT2D eigenvalue weighted by atomic mass is 10.1. The van der Waals surface area contributed by atoms with Crippen LogP contribution in [0.25, 0.3) is 6.08 Å². The minimum atomic E-state index is -0.340. The van der Waals surface area contributed by atoms with Crippen LogP contribution in [-0.2, 0) is 0 Å². The summed E-state index contributed by atoms with van der Waals surface area (Å²) < 4.78 is 1.27. The predicted molar refractivity (Wildman–Crippen MR) is 78.7 cm³/mol. The van der Waals surface area contributed by atoms with Crippen molar-refractivity contribution in [3.8, 4) is 0 Å². The largest absolute Gasteiger partial charge is 0.270 e. The average Bonchev–Trinajstić information content (AvgIpc) is 2.27. The smallest absolute Gasteiger partial charge is 0.266 e. The van der Waals surface area contributed by atoms with Gasteiger partial charge in [-0.1, -0.05) is 24.8 Å². The van der Waals surface area contributed by atoms with E-state index in [-0.39, 0.29) is 23.9 Å². The highest BCUT2D eigenvalue weighted by Gasteiger charge is 2.21. The number of halogens is 2. The summed E-state index contributed by atoms with van der Waals surface area (Å²) >= 11 is 5.96. The summed E-state index contributed by atoms with van der Waals surface area (Å²) in [5, 5.41) is 0. The first-order valence-corrected chi connectivity index (χ1v) is 5.68. The Morgan fingerprint density at radius 1 is 1.44 bits per heavy atom. The van der Waals surface area contributed by atoms with E-state index in [0.717, 1.165) is 5.56 Å². The third-order valence-electron chi connectivity index (χ3n) is 2.17. The number of carbonyl (C=O) groups excluding carboxylic acids is 1. The van der Waals surface area contributed by atoms with Crippen LogP contribution in [0.15, 0.2) is 30.8 Å². The summed E-state index contributed by atoms with van der Waals surface area (Å²) in [7, 11) is 0. The molecule has 18 heavy (non-hydrogen) atoms. The number of benzene rings is 1. The first-order valence-electron chi connectivity index (χ1n) is 5.34. The molecule has 1 rings (SSSR count). The number of carbonyl (C=O) groups is 1. The molecule has 0 bridgehead atoms. The summed E-state index contributed by atoms with van der Waals surface area (Å²) in [6.45, 7) is 9.37. The Hall–Kier alpha value is -1.03. The average molecular weight is 289 g/mol. The molecule has 0 unspecified atom stereocenters. The second kappa shape index (κ2) is 6.78. The van der Waals surface area contributed by atoms with Crippen molar-refractivity contribution in [1.82, 2.24) is 9.95 Å². The third-order valence-corrected chi connectivity index (χ3v) is 2.76. The van der Waals surface area contributed by atoms with Crippen LogP contribution in [0.3, 0.4) is 0 Å². The highest BCUT2D eigenvalue weighted by Crippen LogP contribution is 2.14. The molecule has 0 saturated heterocycles. The van der Waals surface area contributed by atoms with E-state index in [1.807, 2.05) is 32.9 Å². The zero-order valence-corrected chi connectivity index (χ0v) is 12.3. The van der Waals surface area contributed by atoms with Crippen molar-refractivity contribution in [2.45, 2.75) is 26.3 Å². The van der Waals surface area contributed by atoms with Gasteiger partial charge in [-0.05, 0) is 38.5 Å². The lowest BCUT2D eigenvalue weighted by Gasteiger charge is -2.28. The van der Waals surface area contributed by atoms with Gasteiger partial charge >= 0.3 is 0 Å². The molecule has 5 heteroatoms. The van der Waals surface area contributed by atoms with E-state index in [1.54, 1.807) is 18.2 Å². The maximum Gasteiger partial charge on any atom is 0.266 e. The fourth-order valence-electron chi connectivity index (χ4n) is 1.13. The standard InChI is InChI=1S/C13H17ClN2O.ClH/c1-5-10-7-6-8-11(9-10)12(17)15-16(14)13(2,3)4;/h5-9H,1H2,2-4H3,(H,15,17);1H. The molecule has 0 saturated carbocycles. The van der Waals surface area contributed by atoms with Crippen LogP contribution in [0.5, 0.6) is 0 Å². The number of hydrogen-bond acceptors (Lipinski definition) is 2. The molecule has 0 radical (unpaired) electrons. The van der Waals surface area contributed by atoms with Gasteiger partial charge in [-0.3, -0.25) is 10.2 Å². The zero-order chi connectivity index (χ0) is 13.1. The van der Waals surface area contributed by atoms with Gasteiger partial charge in [-0.15, -0.1) is 16.9 Å². The van der Waals surface area contributed by atoms with E-state index in [9.17, 15) is 4.79 Å². The number of nitrogens with one attached hydrogen (secondary N) is 1. The molecule has 1 N–H and O–H groups in total. The van der Waals surface area contributed by atoms with E-state index >= 15 is 0 Å². The minimum absolute atomic E-state index is 0. The van der Waals surface area contributed by atoms with Crippen molar-refractivity contribution in [3.63, 3.8) is 0 Å². The Kier molecular flexibility index (Phi) is 6.39. The van der Waals surface area contributed by atoms with Crippen molar-refractivity contribution in [3.05, 3.63) is 42.0 Å². The second-order valence-corrected chi connectivity index (χ2v) is 5.06. The molecule has 1 aromatic rings. The Morgan fingerprint density at radius 3 is 2.56 bits per heavy atom. The number of hydrazine groups is 1. The minimum Gasteiger partial charge on any atom is -0.270 e. The number of amides is 1. The van der Waals surface area contributed by atoms with Crippen LogP contribution < -0.4 is 5.43 Å². The molecule has 0 spiro atoms. The number of hydrogen-bond donors (Lipinski definition) is 1. The summed E-state index contributed by atoms with van der Waals surface area (Å²) in [6.07, 6.45) is 1.69. The number of nitrogens with zero attached hydrogens (tertiary/aromatic N) is 1. The summed E-state index contributed by atoms with van der Waals surface area (Å²) in [4.78, 5) is 11.9. The van der Waals surface area contributed by atoms with Gasteiger partial charge in [0.25, 0.3) is 5.91 Å². The van der Waals surface area contributed by atoms with Gasteiger partial charge < -0.3 is 0 Å². The maximum atomic E-state index is 11.9. The molecule has 3 nitrogen and oxygen atoms in total. The van der Waals surface area contributed by atoms with E-state index in [1.165, 1.54) is 4.53 Å². The first-order chi connectivity index (χ1) is 7.84. The third kappa shape index (κ3) is 4.69. The fourth-order valence-corrected chi connectivity index (χ4v) is 1.21. The molecule has 0 heterocycles. The van der Waals surface area contributed by atoms with E-state index < -0.39 is 0 Å². The normalized spacial score (nSPS) is 10.7. The van der Waals surface area contributed by atoms with Crippen molar-refractivity contribution >= 4 is 36.2 Å². The van der Waals surface area contributed by atoms with Gasteiger partial charge in [-0.2, -0.15) is 0 Å². The van der Waals surface area contributed by atoms with Crippen molar-refractivity contribution in [2.75, 3.05) is 0 Å². The Morgan fingerprint density at radius 2 is 2.06 bits per heavy atom.